The summed E-state index contributed by atoms with van der Waals surface area (Å²) in [5.74, 6) is 0.611. The van der Waals surface area contributed by atoms with Gasteiger partial charge in [0.25, 0.3) is 0 Å². The zero-order valence-electron chi connectivity index (χ0n) is 16.2. The summed E-state index contributed by atoms with van der Waals surface area (Å²) in [4.78, 5) is 15.8. The van der Waals surface area contributed by atoms with Gasteiger partial charge in [-0.3, -0.25) is 4.79 Å². The number of nitrogens with zero attached hydrogens (tertiary/aromatic N) is 1. The molecule has 0 saturated carbocycles. The van der Waals surface area contributed by atoms with Crippen molar-refractivity contribution in [2.45, 2.75) is 58.5 Å². The van der Waals surface area contributed by atoms with E-state index in [-0.39, 0.29) is 5.97 Å². The van der Waals surface area contributed by atoms with Crippen molar-refractivity contribution in [2.75, 3.05) is 26.2 Å². The lowest BCUT2D eigenvalue weighted by molar-refractivity contribution is -0.143. The van der Waals surface area contributed by atoms with Crippen molar-refractivity contribution in [3.8, 4) is 0 Å². The monoisotopic (exact) mass is 383 g/mol. The largest absolute Gasteiger partial charge is 0.466 e. The first-order chi connectivity index (χ1) is 12.5. The topological polar surface area (TPSA) is 83.0 Å². The van der Waals surface area contributed by atoms with Gasteiger partial charge < -0.3 is 20.5 Å². The second-order valence-electron chi connectivity index (χ2n) is 6.38. The van der Waals surface area contributed by atoms with Gasteiger partial charge in [-0.25, -0.2) is 4.99 Å². The highest BCUT2D eigenvalue weighted by Crippen LogP contribution is 2.23. The van der Waals surface area contributed by atoms with Crippen molar-refractivity contribution < 1.29 is 14.6 Å². The smallest absolute Gasteiger partial charge is 0.305 e. The highest BCUT2D eigenvalue weighted by atomic mass is 32.1. The molecule has 6 nitrogen and oxygen atoms in total. The maximum absolute atomic E-state index is 11.3. The first-order valence-electron chi connectivity index (χ1n) is 9.42. The van der Waals surface area contributed by atoms with E-state index < -0.39 is 5.60 Å². The van der Waals surface area contributed by atoms with Crippen LogP contribution < -0.4 is 10.6 Å². The summed E-state index contributed by atoms with van der Waals surface area (Å²) in [5.41, 5.74) is -0.0705. The number of carbonyl (C=O) groups is 1. The molecule has 0 radical (unpaired) electrons. The molecule has 0 bridgehead atoms. The summed E-state index contributed by atoms with van der Waals surface area (Å²) < 4.78 is 4.91. The van der Waals surface area contributed by atoms with Crippen LogP contribution in [0.4, 0.5) is 0 Å². The highest BCUT2D eigenvalue weighted by Gasteiger charge is 2.23. The van der Waals surface area contributed by atoms with Crippen molar-refractivity contribution >= 4 is 23.3 Å². The molecule has 1 heterocycles. The van der Waals surface area contributed by atoms with E-state index in [1.165, 1.54) is 0 Å². The number of nitrogens with one attached hydrogen (secondary N) is 2. The Balaban J connectivity index is 2.27. The van der Waals surface area contributed by atoms with Gasteiger partial charge in [0.15, 0.2) is 5.96 Å². The molecule has 26 heavy (non-hydrogen) atoms. The number of rotatable bonds is 12. The van der Waals surface area contributed by atoms with Gasteiger partial charge in [0, 0.05) is 19.5 Å². The van der Waals surface area contributed by atoms with Gasteiger partial charge in [-0.2, -0.15) is 11.3 Å². The minimum atomic E-state index is -0.963. The Morgan fingerprint density at radius 2 is 2.04 bits per heavy atom. The molecule has 0 aliphatic heterocycles. The second kappa shape index (κ2) is 12.7. The normalized spacial score (nSPS) is 13.9. The Hall–Kier alpha value is -1.60. The van der Waals surface area contributed by atoms with Crippen molar-refractivity contribution in [2.24, 2.45) is 4.99 Å². The minimum Gasteiger partial charge on any atom is -0.466 e. The van der Waals surface area contributed by atoms with Gasteiger partial charge in [0.2, 0.25) is 0 Å². The quantitative estimate of drug-likeness (QED) is 0.224. The molecule has 0 saturated heterocycles. The predicted molar refractivity (Wildman–Crippen MR) is 108 cm³/mol. The summed E-state index contributed by atoms with van der Waals surface area (Å²) >= 11 is 1.57. The third-order valence-corrected chi connectivity index (χ3v) is 4.62. The molecule has 148 valence electrons. The molecule has 0 aliphatic carbocycles. The number of unbranched alkanes of at least 4 members (excludes halogenated alkanes) is 3. The van der Waals surface area contributed by atoms with Gasteiger partial charge in [-0.05, 0) is 56.0 Å². The SMILES string of the molecule is CCNC(=NCC(C)(O)c1ccsc1)NCCCCCCC(=O)OCC. The summed E-state index contributed by atoms with van der Waals surface area (Å²) in [6.07, 6.45) is 4.45. The Kier molecular flexibility index (Phi) is 11.0. The van der Waals surface area contributed by atoms with E-state index in [9.17, 15) is 9.90 Å². The summed E-state index contributed by atoms with van der Waals surface area (Å²) in [7, 11) is 0. The maximum Gasteiger partial charge on any atom is 0.305 e. The number of thiophene rings is 1. The third-order valence-electron chi connectivity index (χ3n) is 3.94. The summed E-state index contributed by atoms with van der Waals surface area (Å²) in [6.45, 7) is 7.97. The van der Waals surface area contributed by atoms with Crippen molar-refractivity contribution in [3.05, 3.63) is 22.4 Å². The van der Waals surface area contributed by atoms with Gasteiger partial charge in [0.1, 0.15) is 5.60 Å². The van der Waals surface area contributed by atoms with Crippen molar-refractivity contribution in [1.29, 1.82) is 0 Å². The molecule has 1 unspecified atom stereocenters. The fourth-order valence-electron chi connectivity index (χ4n) is 2.42. The minimum absolute atomic E-state index is 0.107. The Morgan fingerprint density at radius 3 is 2.69 bits per heavy atom. The zero-order chi connectivity index (χ0) is 19.3. The molecule has 0 amide bonds. The van der Waals surface area contributed by atoms with Gasteiger partial charge >= 0.3 is 5.97 Å². The average molecular weight is 384 g/mol. The number of hydrogen-bond donors (Lipinski definition) is 3. The molecule has 3 N–H and O–H groups in total. The van der Waals surface area contributed by atoms with Crippen LogP contribution in [0.15, 0.2) is 21.8 Å². The number of hydrogen-bond acceptors (Lipinski definition) is 5. The van der Waals surface area contributed by atoms with E-state index in [0.717, 1.165) is 50.3 Å². The van der Waals surface area contributed by atoms with Gasteiger partial charge in [-0.15, -0.1) is 0 Å². The molecule has 1 atom stereocenters. The second-order valence-corrected chi connectivity index (χ2v) is 7.16. The van der Waals surface area contributed by atoms with Gasteiger partial charge in [-0.1, -0.05) is 12.8 Å². The number of esters is 1. The Labute approximate surface area is 161 Å². The first-order valence-corrected chi connectivity index (χ1v) is 10.4. The number of guanidine groups is 1. The number of carbonyl (C=O) groups excluding carboxylic acids is 1. The maximum atomic E-state index is 11.3. The first kappa shape index (κ1) is 22.4. The predicted octanol–water partition coefficient (Wildman–Crippen LogP) is 3.02. The zero-order valence-corrected chi connectivity index (χ0v) is 17.0. The van der Waals surface area contributed by atoms with Crippen LogP contribution in [-0.2, 0) is 15.1 Å². The molecular formula is C19H33N3O3S. The van der Waals surface area contributed by atoms with E-state index in [0.29, 0.717) is 19.6 Å². The Bertz CT molecular complexity index is 530. The third kappa shape index (κ3) is 9.20. The molecule has 0 spiro atoms. The molecule has 7 heteroatoms. The Morgan fingerprint density at radius 1 is 1.27 bits per heavy atom. The number of aliphatic imine (C=N–C) groups is 1. The molecule has 0 aliphatic rings. The van der Waals surface area contributed by atoms with E-state index >= 15 is 0 Å². The van der Waals surface area contributed by atoms with Crippen molar-refractivity contribution in [3.63, 3.8) is 0 Å². The summed E-state index contributed by atoms with van der Waals surface area (Å²) in [5, 5.41) is 21.0. The van der Waals surface area contributed by atoms with Crippen LogP contribution in [0.3, 0.4) is 0 Å². The molecular weight excluding hydrogens is 350 g/mol. The average Bonchev–Trinajstić information content (AvgIpc) is 3.14. The van der Waals surface area contributed by atoms with Crippen LogP contribution >= 0.6 is 11.3 Å². The molecule has 1 aromatic heterocycles. The van der Waals surface area contributed by atoms with Crippen LogP contribution in [-0.4, -0.2) is 43.3 Å². The molecule has 1 aromatic rings. The lowest BCUT2D eigenvalue weighted by Gasteiger charge is -2.21. The standard InChI is InChI=1S/C19H33N3O3S/c1-4-20-18(22-15-19(3,24)16-11-13-26-14-16)21-12-9-7-6-8-10-17(23)25-5-2/h11,13-14,24H,4-10,12,15H2,1-3H3,(H2,20,21,22). The van der Waals surface area contributed by atoms with Crippen LogP contribution in [0.2, 0.25) is 0 Å². The van der Waals surface area contributed by atoms with Crippen LogP contribution in [0, 0.1) is 0 Å². The molecule has 1 rings (SSSR count). The van der Waals surface area contributed by atoms with E-state index in [1.807, 2.05) is 30.7 Å². The summed E-state index contributed by atoms with van der Waals surface area (Å²) in [6, 6.07) is 1.93. The molecule has 0 fully saturated rings. The van der Waals surface area contributed by atoms with E-state index in [2.05, 4.69) is 15.6 Å². The van der Waals surface area contributed by atoms with Crippen LogP contribution in [0.25, 0.3) is 0 Å². The lowest BCUT2D eigenvalue weighted by atomic mass is 10.00. The fourth-order valence-corrected chi connectivity index (χ4v) is 3.21. The van der Waals surface area contributed by atoms with Crippen LogP contribution in [0.1, 0.15) is 58.4 Å². The highest BCUT2D eigenvalue weighted by molar-refractivity contribution is 7.08. The lowest BCUT2D eigenvalue weighted by Crippen LogP contribution is -2.39. The number of aliphatic hydroxyl groups is 1. The van der Waals surface area contributed by atoms with E-state index in [1.54, 1.807) is 18.3 Å². The van der Waals surface area contributed by atoms with Gasteiger partial charge in [0.05, 0.1) is 13.2 Å². The molecule has 0 aromatic carbocycles. The number of ether oxygens (including phenoxy) is 1. The van der Waals surface area contributed by atoms with Crippen LogP contribution in [0.5, 0.6) is 0 Å². The van der Waals surface area contributed by atoms with Crippen molar-refractivity contribution in [1.82, 2.24) is 10.6 Å². The fraction of sp³-hybridized carbons (Fsp3) is 0.684. The van der Waals surface area contributed by atoms with E-state index in [4.69, 9.17) is 4.74 Å².